The van der Waals surface area contributed by atoms with Crippen molar-refractivity contribution in [3.8, 4) is 5.75 Å². The first-order chi connectivity index (χ1) is 11.2. The highest BCUT2D eigenvalue weighted by molar-refractivity contribution is 6.24. The number of aliphatic hydroxyl groups is 1. The Balaban J connectivity index is 2.02. The van der Waals surface area contributed by atoms with Crippen molar-refractivity contribution >= 4 is 11.4 Å². The molecule has 1 fully saturated rings. The van der Waals surface area contributed by atoms with Crippen LogP contribution in [-0.2, 0) is 0 Å². The van der Waals surface area contributed by atoms with Crippen LogP contribution in [-0.4, -0.2) is 48.8 Å². The zero-order valence-electron chi connectivity index (χ0n) is 14.1. The third-order valence-corrected chi connectivity index (χ3v) is 4.73. The van der Waals surface area contributed by atoms with E-state index in [-0.39, 0.29) is 12.6 Å². The summed E-state index contributed by atoms with van der Waals surface area (Å²) in [5.74, 6) is 1.87. The molecule has 0 aromatic heterocycles. The van der Waals surface area contributed by atoms with Gasteiger partial charge in [0.05, 0.1) is 19.8 Å². The maximum Gasteiger partial charge on any atom is 0.135 e. The van der Waals surface area contributed by atoms with Crippen molar-refractivity contribution < 1.29 is 9.84 Å². The molecule has 0 saturated carbocycles. The van der Waals surface area contributed by atoms with E-state index in [0.29, 0.717) is 6.67 Å². The highest BCUT2D eigenvalue weighted by Gasteiger charge is 2.31. The SMILES string of the molecule is COc1ccc(C2=C(C)NCN=C2N2CCC[C@H]2CO)c(C)c1. The molecule has 3 rings (SSSR count). The van der Waals surface area contributed by atoms with Gasteiger partial charge in [-0.1, -0.05) is 6.07 Å². The van der Waals surface area contributed by atoms with Gasteiger partial charge in [0, 0.05) is 17.8 Å². The summed E-state index contributed by atoms with van der Waals surface area (Å²) in [6.07, 6.45) is 2.13. The molecule has 0 unspecified atom stereocenters. The molecule has 2 aliphatic rings. The second kappa shape index (κ2) is 6.62. The van der Waals surface area contributed by atoms with E-state index in [0.717, 1.165) is 53.4 Å². The van der Waals surface area contributed by atoms with Crippen LogP contribution in [0.3, 0.4) is 0 Å². The molecular weight excluding hydrogens is 290 g/mol. The van der Waals surface area contributed by atoms with E-state index in [1.165, 1.54) is 0 Å². The molecule has 23 heavy (non-hydrogen) atoms. The molecule has 0 radical (unpaired) electrons. The number of nitrogens with one attached hydrogen (secondary N) is 1. The molecule has 0 amide bonds. The number of aliphatic hydroxyl groups excluding tert-OH is 1. The molecular formula is C18H25N3O2. The molecule has 0 spiro atoms. The number of likely N-dealkylation sites (tertiary alicyclic amines) is 1. The van der Waals surface area contributed by atoms with E-state index in [2.05, 4.69) is 36.2 Å². The topological polar surface area (TPSA) is 57.1 Å². The van der Waals surface area contributed by atoms with Crippen molar-refractivity contribution in [3.05, 3.63) is 35.0 Å². The van der Waals surface area contributed by atoms with Crippen LogP contribution in [0.2, 0.25) is 0 Å². The third-order valence-electron chi connectivity index (χ3n) is 4.73. The minimum atomic E-state index is 0.174. The molecule has 2 heterocycles. The van der Waals surface area contributed by atoms with Crippen molar-refractivity contribution in [3.63, 3.8) is 0 Å². The van der Waals surface area contributed by atoms with Gasteiger partial charge in [0.15, 0.2) is 0 Å². The number of ether oxygens (including phenoxy) is 1. The van der Waals surface area contributed by atoms with Crippen molar-refractivity contribution in [1.82, 2.24) is 10.2 Å². The first-order valence-corrected chi connectivity index (χ1v) is 8.17. The van der Waals surface area contributed by atoms with E-state index in [4.69, 9.17) is 9.73 Å². The summed E-state index contributed by atoms with van der Waals surface area (Å²) in [7, 11) is 1.68. The number of benzene rings is 1. The Morgan fingerprint density at radius 2 is 2.22 bits per heavy atom. The third kappa shape index (κ3) is 2.93. The highest BCUT2D eigenvalue weighted by Crippen LogP contribution is 2.31. The fourth-order valence-corrected chi connectivity index (χ4v) is 3.47. The maximum absolute atomic E-state index is 9.67. The van der Waals surface area contributed by atoms with Gasteiger partial charge in [-0.15, -0.1) is 0 Å². The molecule has 0 aliphatic carbocycles. The van der Waals surface area contributed by atoms with E-state index >= 15 is 0 Å². The predicted molar refractivity (Wildman–Crippen MR) is 92.6 cm³/mol. The first-order valence-electron chi connectivity index (χ1n) is 8.17. The molecule has 5 nitrogen and oxygen atoms in total. The van der Waals surface area contributed by atoms with Crippen molar-refractivity contribution in [2.45, 2.75) is 32.7 Å². The number of allylic oxidation sites excluding steroid dienone is 1. The lowest BCUT2D eigenvalue weighted by atomic mass is 9.96. The monoisotopic (exact) mass is 315 g/mol. The quantitative estimate of drug-likeness (QED) is 0.897. The Kier molecular flexibility index (Phi) is 4.57. The first kappa shape index (κ1) is 15.9. The van der Waals surface area contributed by atoms with Gasteiger partial charge in [0.25, 0.3) is 0 Å². The normalized spacial score (nSPS) is 21.3. The Labute approximate surface area is 137 Å². The second-order valence-electron chi connectivity index (χ2n) is 6.17. The fourth-order valence-electron chi connectivity index (χ4n) is 3.47. The lowest BCUT2D eigenvalue weighted by molar-refractivity contribution is 0.209. The standard InChI is InChI=1S/C18H25N3O2/c1-12-9-15(23-3)6-7-16(12)17-13(2)19-11-20-18(17)21-8-4-5-14(21)10-22/h6-7,9,14,19,22H,4-5,8,10-11H2,1-3H3/t14-/m0/s1. The van der Waals surface area contributed by atoms with Crippen LogP contribution in [0.1, 0.15) is 30.9 Å². The molecule has 1 saturated heterocycles. The number of hydrogen-bond acceptors (Lipinski definition) is 5. The summed E-state index contributed by atoms with van der Waals surface area (Å²) in [4.78, 5) is 7.00. The maximum atomic E-state index is 9.67. The van der Waals surface area contributed by atoms with Crippen LogP contribution < -0.4 is 10.1 Å². The van der Waals surface area contributed by atoms with Crippen LogP contribution in [0.15, 0.2) is 28.9 Å². The van der Waals surface area contributed by atoms with Crippen LogP contribution in [0.4, 0.5) is 0 Å². The number of amidine groups is 1. The molecule has 1 aromatic carbocycles. The minimum absolute atomic E-state index is 0.174. The largest absolute Gasteiger partial charge is 0.497 e. The summed E-state index contributed by atoms with van der Waals surface area (Å²) in [6, 6.07) is 6.31. The second-order valence-corrected chi connectivity index (χ2v) is 6.17. The smallest absolute Gasteiger partial charge is 0.135 e. The lowest BCUT2D eigenvalue weighted by Crippen LogP contribution is -2.41. The number of nitrogens with zero attached hydrogens (tertiary/aromatic N) is 2. The van der Waals surface area contributed by atoms with Gasteiger partial charge in [-0.2, -0.15) is 0 Å². The van der Waals surface area contributed by atoms with Crippen LogP contribution in [0.5, 0.6) is 5.75 Å². The van der Waals surface area contributed by atoms with Crippen molar-refractivity contribution in [2.75, 3.05) is 26.9 Å². The molecule has 124 valence electrons. The van der Waals surface area contributed by atoms with E-state index in [1.54, 1.807) is 7.11 Å². The van der Waals surface area contributed by atoms with E-state index in [1.807, 2.05) is 6.07 Å². The average molecular weight is 315 g/mol. The molecule has 1 aromatic rings. The van der Waals surface area contributed by atoms with Gasteiger partial charge in [-0.25, -0.2) is 4.99 Å². The number of rotatable bonds is 3. The van der Waals surface area contributed by atoms with Gasteiger partial charge >= 0.3 is 0 Å². The Morgan fingerprint density at radius 1 is 1.39 bits per heavy atom. The molecule has 5 heteroatoms. The molecule has 2 aliphatic heterocycles. The highest BCUT2D eigenvalue weighted by atomic mass is 16.5. The summed E-state index contributed by atoms with van der Waals surface area (Å²) in [5.41, 5.74) is 4.59. The van der Waals surface area contributed by atoms with Gasteiger partial charge < -0.3 is 20.1 Å². The fraction of sp³-hybridized carbons (Fsp3) is 0.500. The summed E-state index contributed by atoms with van der Waals surface area (Å²) in [6.45, 7) is 5.92. The van der Waals surface area contributed by atoms with Gasteiger partial charge in [-0.05, 0) is 49.9 Å². The van der Waals surface area contributed by atoms with Crippen molar-refractivity contribution in [1.29, 1.82) is 0 Å². The van der Waals surface area contributed by atoms with E-state index in [9.17, 15) is 5.11 Å². The van der Waals surface area contributed by atoms with Gasteiger partial charge in [-0.3, -0.25) is 0 Å². The van der Waals surface area contributed by atoms with E-state index < -0.39 is 0 Å². The van der Waals surface area contributed by atoms with Crippen LogP contribution in [0.25, 0.3) is 5.57 Å². The zero-order chi connectivity index (χ0) is 16.4. The Bertz CT molecular complexity index is 652. The summed E-state index contributed by atoms with van der Waals surface area (Å²) in [5, 5.41) is 13.0. The van der Waals surface area contributed by atoms with Crippen LogP contribution in [0, 0.1) is 6.92 Å². The molecule has 2 N–H and O–H groups in total. The van der Waals surface area contributed by atoms with Crippen molar-refractivity contribution in [2.24, 2.45) is 4.99 Å². The minimum Gasteiger partial charge on any atom is -0.497 e. The summed E-state index contributed by atoms with van der Waals surface area (Å²) < 4.78 is 5.32. The zero-order valence-corrected chi connectivity index (χ0v) is 14.1. The molecule has 0 bridgehead atoms. The molecule has 1 atom stereocenters. The Hall–Kier alpha value is -2.01. The number of methoxy groups -OCH3 is 1. The summed E-state index contributed by atoms with van der Waals surface area (Å²) >= 11 is 0. The number of aliphatic imine (C=N–C) groups is 1. The number of aryl methyl sites for hydroxylation is 1. The predicted octanol–water partition coefficient (Wildman–Crippen LogP) is 2.15. The number of hydrogen-bond donors (Lipinski definition) is 2. The van der Waals surface area contributed by atoms with Crippen LogP contribution >= 0.6 is 0 Å². The van der Waals surface area contributed by atoms with Gasteiger partial charge in [0.1, 0.15) is 18.3 Å². The Morgan fingerprint density at radius 3 is 2.91 bits per heavy atom. The lowest BCUT2D eigenvalue weighted by Gasteiger charge is -2.32. The van der Waals surface area contributed by atoms with Gasteiger partial charge in [0.2, 0.25) is 0 Å². The average Bonchev–Trinajstić information content (AvgIpc) is 3.03.